The Labute approximate surface area is 85.2 Å². The van der Waals surface area contributed by atoms with Crippen molar-refractivity contribution >= 4 is 40.4 Å². The topological polar surface area (TPSA) is 31.9 Å². The third-order valence-electron chi connectivity index (χ3n) is 1.38. The maximum atomic E-state index is 4.93. The fourth-order valence-electron chi connectivity index (χ4n) is 0.709. The van der Waals surface area contributed by atoms with E-state index in [9.17, 15) is 0 Å². The van der Waals surface area contributed by atoms with Crippen molar-refractivity contribution in [2.24, 2.45) is 0 Å². The van der Waals surface area contributed by atoms with Crippen molar-refractivity contribution in [2.75, 3.05) is 30.5 Å². The van der Waals surface area contributed by atoms with Crippen molar-refractivity contribution in [3.05, 3.63) is 3.95 Å². The number of nitrogens with one attached hydrogen (secondary N) is 1. The largest absolute Gasteiger partial charge is 0.349 e. The molecule has 0 saturated carbocycles. The number of H-pyrrole nitrogens is 1. The number of hydrogen-bond acceptors (Lipinski definition) is 5. The fourth-order valence-corrected chi connectivity index (χ4v) is 2.03. The molecule has 0 fully saturated rings. The Morgan fingerprint density at radius 1 is 1.75 bits per heavy atom. The van der Waals surface area contributed by atoms with Crippen LogP contribution < -0.4 is 4.90 Å². The zero-order valence-electron chi connectivity index (χ0n) is 7.03. The molecule has 1 rings (SSSR count). The number of anilines is 1. The molecule has 12 heavy (non-hydrogen) atoms. The van der Waals surface area contributed by atoms with Gasteiger partial charge in [-0.15, -0.1) is 5.10 Å². The summed E-state index contributed by atoms with van der Waals surface area (Å²) in [5, 5.41) is 7.80. The van der Waals surface area contributed by atoms with Gasteiger partial charge in [-0.1, -0.05) is 11.3 Å². The van der Waals surface area contributed by atoms with Crippen molar-refractivity contribution in [1.82, 2.24) is 10.2 Å². The monoisotopic (exact) mass is 221 g/mol. The van der Waals surface area contributed by atoms with Crippen LogP contribution in [0.25, 0.3) is 0 Å². The van der Waals surface area contributed by atoms with Crippen molar-refractivity contribution in [3.8, 4) is 0 Å². The summed E-state index contributed by atoms with van der Waals surface area (Å²) in [5.74, 6) is 1.11. The van der Waals surface area contributed by atoms with Gasteiger partial charge in [0, 0.05) is 19.3 Å². The number of nitrogens with zero attached hydrogens (tertiary/aromatic N) is 2. The predicted molar refractivity (Wildman–Crippen MR) is 59.0 cm³/mol. The van der Waals surface area contributed by atoms with Crippen molar-refractivity contribution in [1.29, 1.82) is 0 Å². The molecule has 0 atom stereocenters. The highest BCUT2D eigenvalue weighted by Gasteiger charge is 2.02. The summed E-state index contributed by atoms with van der Waals surface area (Å²) in [6.07, 6.45) is 2.10. The van der Waals surface area contributed by atoms with Crippen LogP contribution in [0, 0.1) is 3.95 Å². The van der Waals surface area contributed by atoms with Gasteiger partial charge in [0.1, 0.15) is 0 Å². The molecule has 6 heteroatoms. The smallest absolute Gasteiger partial charge is 0.206 e. The molecule has 0 aliphatic rings. The molecule has 0 spiro atoms. The number of aromatic amines is 1. The molecule has 1 aromatic rings. The standard InChI is InChI=1S/C6H11N3S3/c1-9(3-4-11-2)5-7-8-6(10)12-5/h3-4H2,1-2H3,(H,8,10). The molecule has 0 aromatic carbocycles. The number of rotatable bonds is 4. The minimum absolute atomic E-state index is 0.737. The molecule has 0 bridgehead atoms. The SMILES string of the molecule is CSCCN(C)c1n[nH]c(=S)s1. The van der Waals surface area contributed by atoms with Gasteiger partial charge >= 0.3 is 0 Å². The van der Waals surface area contributed by atoms with E-state index in [2.05, 4.69) is 21.4 Å². The third-order valence-corrected chi connectivity index (χ3v) is 3.18. The summed E-state index contributed by atoms with van der Waals surface area (Å²) in [4.78, 5) is 2.10. The van der Waals surface area contributed by atoms with Gasteiger partial charge < -0.3 is 4.90 Å². The van der Waals surface area contributed by atoms with Gasteiger partial charge in [0.15, 0.2) is 3.95 Å². The maximum absolute atomic E-state index is 4.93. The first-order valence-electron chi connectivity index (χ1n) is 3.49. The van der Waals surface area contributed by atoms with Crippen molar-refractivity contribution < 1.29 is 0 Å². The molecule has 3 nitrogen and oxygen atoms in total. The van der Waals surface area contributed by atoms with Crippen molar-refractivity contribution in [2.45, 2.75) is 0 Å². The predicted octanol–water partition coefficient (Wildman–Crippen LogP) is 2.00. The molecule has 1 N–H and O–H groups in total. The number of hydrogen-bond donors (Lipinski definition) is 1. The molecule has 0 amide bonds. The minimum Gasteiger partial charge on any atom is -0.349 e. The van der Waals surface area contributed by atoms with E-state index in [1.807, 2.05) is 18.8 Å². The van der Waals surface area contributed by atoms with E-state index < -0.39 is 0 Å². The number of thioether (sulfide) groups is 1. The molecule has 0 saturated heterocycles. The van der Waals surface area contributed by atoms with E-state index in [0.717, 1.165) is 21.4 Å². The quantitative estimate of drug-likeness (QED) is 0.788. The molecule has 0 radical (unpaired) electrons. The first-order valence-corrected chi connectivity index (χ1v) is 6.11. The highest BCUT2D eigenvalue weighted by atomic mass is 32.2. The number of aromatic nitrogens is 2. The minimum atomic E-state index is 0.737. The zero-order chi connectivity index (χ0) is 8.97. The first-order chi connectivity index (χ1) is 5.74. The highest BCUT2D eigenvalue weighted by molar-refractivity contribution is 7.98. The molecule has 0 aliphatic carbocycles. The molecule has 68 valence electrons. The second kappa shape index (κ2) is 4.84. The Hall–Kier alpha value is -0.0700. The van der Waals surface area contributed by atoms with Crippen LogP contribution in [0.5, 0.6) is 0 Å². The van der Waals surface area contributed by atoms with Crippen LogP contribution in [-0.4, -0.2) is 35.8 Å². The Bertz CT molecular complexity index is 280. The Morgan fingerprint density at radius 3 is 3.00 bits per heavy atom. The molecular weight excluding hydrogens is 210 g/mol. The van der Waals surface area contributed by atoms with E-state index >= 15 is 0 Å². The summed E-state index contributed by atoms with van der Waals surface area (Å²) in [6, 6.07) is 0. The van der Waals surface area contributed by atoms with Crippen LogP contribution in [-0.2, 0) is 0 Å². The molecule has 0 unspecified atom stereocenters. The summed E-state index contributed by atoms with van der Waals surface area (Å²) in [5.41, 5.74) is 0. The summed E-state index contributed by atoms with van der Waals surface area (Å²) in [6.45, 7) is 1.01. The fraction of sp³-hybridized carbons (Fsp3) is 0.667. The second-order valence-corrected chi connectivity index (χ2v) is 4.94. The van der Waals surface area contributed by atoms with Gasteiger partial charge in [-0.25, -0.2) is 0 Å². The van der Waals surface area contributed by atoms with Crippen LogP contribution in [0.2, 0.25) is 0 Å². The Balaban J connectivity index is 2.53. The van der Waals surface area contributed by atoms with E-state index in [0.29, 0.717) is 0 Å². The van der Waals surface area contributed by atoms with Crippen LogP contribution >= 0.6 is 35.3 Å². The first kappa shape index (κ1) is 10.0. The molecular formula is C6H11N3S3. The molecule has 0 aliphatic heterocycles. The molecule has 1 heterocycles. The van der Waals surface area contributed by atoms with Crippen LogP contribution in [0.15, 0.2) is 0 Å². The van der Waals surface area contributed by atoms with Gasteiger partial charge in [0.2, 0.25) is 5.13 Å². The normalized spacial score (nSPS) is 10.2. The van der Waals surface area contributed by atoms with Crippen LogP contribution in [0.1, 0.15) is 0 Å². The van der Waals surface area contributed by atoms with E-state index in [1.54, 1.807) is 0 Å². The Morgan fingerprint density at radius 2 is 2.50 bits per heavy atom. The lowest BCUT2D eigenvalue weighted by atomic mass is 10.7. The van der Waals surface area contributed by atoms with E-state index in [-0.39, 0.29) is 0 Å². The van der Waals surface area contributed by atoms with Gasteiger partial charge in [0.25, 0.3) is 0 Å². The van der Waals surface area contributed by atoms with Gasteiger partial charge in [-0.2, -0.15) is 11.8 Å². The van der Waals surface area contributed by atoms with Gasteiger partial charge in [-0.3, -0.25) is 5.10 Å². The van der Waals surface area contributed by atoms with Crippen molar-refractivity contribution in [3.63, 3.8) is 0 Å². The summed E-state index contributed by atoms with van der Waals surface area (Å²) < 4.78 is 0.737. The summed E-state index contributed by atoms with van der Waals surface area (Å²) in [7, 11) is 2.03. The third kappa shape index (κ3) is 2.76. The lowest BCUT2D eigenvalue weighted by Crippen LogP contribution is -2.19. The summed E-state index contributed by atoms with van der Waals surface area (Å²) >= 11 is 8.27. The molecule has 1 aromatic heterocycles. The average molecular weight is 221 g/mol. The van der Waals surface area contributed by atoms with Gasteiger partial charge in [-0.05, 0) is 18.5 Å². The Kier molecular flexibility index (Phi) is 4.03. The van der Waals surface area contributed by atoms with Crippen LogP contribution in [0.3, 0.4) is 0 Å². The van der Waals surface area contributed by atoms with Crippen LogP contribution in [0.4, 0.5) is 5.13 Å². The lowest BCUT2D eigenvalue weighted by Gasteiger charge is -2.13. The van der Waals surface area contributed by atoms with Gasteiger partial charge in [0.05, 0.1) is 0 Å². The average Bonchev–Trinajstić information content (AvgIpc) is 2.47. The van der Waals surface area contributed by atoms with E-state index in [1.165, 1.54) is 11.3 Å². The zero-order valence-corrected chi connectivity index (χ0v) is 9.48. The van der Waals surface area contributed by atoms with E-state index in [4.69, 9.17) is 12.2 Å². The maximum Gasteiger partial charge on any atom is 0.206 e. The highest BCUT2D eigenvalue weighted by Crippen LogP contribution is 2.15. The lowest BCUT2D eigenvalue weighted by molar-refractivity contribution is 0.934. The second-order valence-electron chi connectivity index (χ2n) is 2.31.